The van der Waals surface area contributed by atoms with Gasteiger partial charge in [0.1, 0.15) is 21.8 Å². The van der Waals surface area contributed by atoms with E-state index in [9.17, 15) is 22.5 Å². The normalized spacial score (nSPS) is 21.2. The lowest BCUT2D eigenvalue weighted by atomic mass is 9.94. The molecular weight excluding hydrogens is 503 g/mol. The lowest BCUT2D eigenvalue weighted by Crippen LogP contribution is -2.47. The first-order chi connectivity index (χ1) is 17.6. The second-order valence-electron chi connectivity index (χ2n) is 9.04. The number of nitrogens with one attached hydrogen (secondary N) is 2. The molecule has 0 spiro atoms. The zero-order valence-corrected chi connectivity index (χ0v) is 20.6. The maximum atomic E-state index is 13.3. The molecule has 37 heavy (non-hydrogen) atoms. The van der Waals surface area contributed by atoms with Gasteiger partial charge in [-0.3, -0.25) is 0 Å². The third-order valence-electron chi connectivity index (χ3n) is 6.61. The van der Waals surface area contributed by atoms with Gasteiger partial charge in [0.15, 0.2) is 0 Å². The van der Waals surface area contributed by atoms with Gasteiger partial charge in [-0.25, -0.2) is 13.7 Å². The molecule has 3 atom stereocenters. The number of aryl methyl sites for hydroxylation is 2. The maximum Gasteiger partial charge on any atom is 0.573 e. The van der Waals surface area contributed by atoms with Crippen LogP contribution >= 0.6 is 0 Å². The van der Waals surface area contributed by atoms with E-state index in [1.54, 1.807) is 0 Å². The predicted octanol–water partition coefficient (Wildman–Crippen LogP) is 5.84. The number of ether oxygens (including phenoxy) is 1. The number of hydrogen-bond donors (Lipinski definition) is 3. The molecule has 0 saturated carbocycles. The predicted molar refractivity (Wildman–Crippen MR) is 135 cm³/mol. The van der Waals surface area contributed by atoms with Crippen molar-refractivity contribution >= 4 is 21.3 Å². The van der Waals surface area contributed by atoms with Crippen LogP contribution in [-0.2, 0) is 22.8 Å². The Morgan fingerprint density at radius 3 is 2.08 bits per heavy atom. The molecule has 3 aromatic carbocycles. The molecule has 2 aliphatic rings. The SMILES string of the molecule is N=S(=O)(N[C@H]1CCC=C(N2c3ccccc3CCc3ccccc32)[C@@H]1O)c1ccc(OC(F)(F)F)cc1. The molecule has 3 N–H and O–H groups in total. The van der Waals surface area contributed by atoms with Crippen molar-refractivity contribution in [2.45, 2.75) is 49.1 Å². The summed E-state index contributed by atoms with van der Waals surface area (Å²) < 4.78 is 65.7. The molecule has 0 amide bonds. The van der Waals surface area contributed by atoms with Crippen LogP contribution in [0.2, 0.25) is 0 Å². The summed E-state index contributed by atoms with van der Waals surface area (Å²) in [7, 11) is -3.63. The number of hydrogen-bond acceptors (Lipinski definition) is 5. The minimum atomic E-state index is -4.85. The van der Waals surface area contributed by atoms with Crippen LogP contribution in [0.1, 0.15) is 24.0 Å². The first kappa shape index (κ1) is 25.3. The van der Waals surface area contributed by atoms with Crippen molar-refractivity contribution in [3.05, 3.63) is 95.7 Å². The van der Waals surface area contributed by atoms with E-state index in [1.165, 1.54) is 0 Å². The van der Waals surface area contributed by atoms with Crippen molar-refractivity contribution in [3.63, 3.8) is 0 Å². The van der Waals surface area contributed by atoms with Crippen LogP contribution in [0, 0.1) is 4.78 Å². The largest absolute Gasteiger partial charge is 0.573 e. The summed E-state index contributed by atoms with van der Waals surface area (Å²) in [6.45, 7) is 0. The fourth-order valence-corrected chi connectivity index (χ4v) is 6.24. The summed E-state index contributed by atoms with van der Waals surface area (Å²) in [4.78, 5) is 2.04. The molecule has 1 unspecified atom stereocenters. The van der Waals surface area contributed by atoms with Gasteiger partial charge in [-0.05, 0) is 73.2 Å². The molecule has 10 heteroatoms. The highest BCUT2D eigenvalue weighted by Gasteiger charge is 2.35. The number of aliphatic hydroxyl groups excluding tert-OH is 1. The molecule has 1 heterocycles. The van der Waals surface area contributed by atoms with Gasteiger partial charge in [0.2, 0.25) is 0 Å². The lowest BCUT2D eigenvalue weighted by Gasteiger charge is -2.37. The summed E-state index contributed by atoms with van der Waals surface area (Å²) in [6.07, 6.45) is -1.23. The first-order valence-electron chi connectivity index (χ1n) is 11.9. The Hall–Kier alpha value is -3.34. The van der Waals surface area contributed by atoms with Crippen LogP contribution in [0.4, 0.5) is 24.5 Å². The van der Waals surface area contributed by atoms with E-state index in [2.05, 4.69) is 21.6 Å². The third kappa shape index (κ3) is 5.36. The Kier molecular flexibility index (Phi) is 6.74. The fourth-order valence-electron chi connectivity index (χ4n) is 4.91. The number of fused-ring (bicyclic) bond motifs is 2. The average molecular weight is 530 g/mol. The molecule has 0 fully saturated rings. The number of halogens is 3. The van der Waals surface area contributed by atoms with Gasteiger partial charge < -0.3 is 14.7 Å². The molecule has 194 valence electrons. The Morgan fingerprint density at radius 2 is 1.51 bits per heavy atom. The van der Waals surface area contributed by atoms with E-state index < -0.39 is 34.2 Å². The van der Waals surface area contributed by atoms with E-state index in [0.29, 0.717) is 18.5 Å². The number of nitrogens with zero attached hydrogens (tertiary/aromatic N) is 1. The minimum Gasteiger partial charge on any atom is -0.406 e. The molecule has 0 saturated heterocycles. The van der Waals surface area contributed by atoms with Crippen LogP contribution in [0.5, 0.6) is 5.75 Å². The highest BCUT2D eigenvalue weighted by molar-refractivity contribution is 7.90. The standard InChI is InChI=1S/C27H26F3N3O3S/c28-27(29,30)36-20-14-16-21(17-15-20)37(31,35)32-22-8-5-11-25(26(22)34)33-23-9-3-1-6-18(23)12-13-19-7-2-4-10-24(19)33/h1-4,6-7,9-11,14-17,22,26,34H,5,8,12-13H2,(H2,31,32,35)/t22-,26+,37?/m0/s1. The van der Waals surface area contributed by atoms with E-state index in [0.717, 1.165) is 59.6 Å². The van der Waals surface area contributed by atoms with Gasteiger partial charge in [-0.15, -0.1) is 13.2 Å². The molecule has 1 aliphatic carbocycles. The highest BCUT2D eigenvalue weighted by atomic mass is 32.2. The van der Waals surface area contributed by atoms with Crippen molar-refractivity contribution in [1.29, 1.82) is 4.78 Å². The van der Waals surface area contributed by atoms with Crippen LogP contribution in [-0.4, -0.2) is 27.8 Å². The Labute approximate surface area is 213 Å². The van der Waals surface area contributed by atoms with Crippen molar-refractivity contribution in [1.82, 2.24) is 4.72 Å². The Balaban J connectivity index is 1.43. The number of allylic oxidation sites excluding steroid dienone is 1. The zero-order chi connectivity index (χ0) is 26.2. The van der Waals surface area contributed by atoms with Crippen molar-refractivity contribution < 1.29 is 27.2 Å². The second kappa shape index (κ2) is 9.85. The van der Waals surface area contributed by atoms with Crippen LogP contribution in [0.25, 0.3) is 0 Å². The summed E-state index contributed by atoms with van der Waals surface area (Å²) in [5, 5.41) is 11.5. The Morgan fingerprint density at radius 1 is 0.946 bits per heavy atom. The molecule has 5 rings (SSSR count). The quantitative estimate of drug-likeness (QED) is 0.388. The number of rotatable bonds is 5. The number of para-hydroxylation sites is 2. The lowest BCUT2D eigenvalue weighted by molar-refractivity contribution is -0.274. The monoisotopic (exact) mass is 529 g/mol. The van der Waals surface area contributed by atoms with Gasteiger partial charge in [-0.2, -0.15) is 0 Å². The summed E-state index contributed by atoms with van der Waals surface area (Å²) in [5.74, 6) is -0.465. The smallest absolute Gasteiger partial charge is 0.406 e. The van der Waals surface area contributed by atoms with E-state index in [-0.39, 0.29) is 4.90 Å². The van der Waals surface area contributed by atoms with Gasteiger partial charge in [-0.1, -0.05) is 42.5 Å². The molecule has 0 radical (unpaired) electrons. The number of aliphatic hydroxyl groups is 1. The van der Waals surface area contributed by atoms with Gasteiger partial charge in [0, 0.05) is 17.1 Å². The molecule has 6 nitrogen and oxygen atoms in total. The highest BCUT2D eigenvalue weighted by Crippen LogP contribution is 2.41. The number of benzene rings is 3. The number of alkyl halides is 3. The molecule has 0 bridgehead atoms. The maximum absolute atomic E-state index is 13.3. The topological polar surface area (TPSA) is 85.7 Å². The summed E-state index contributed by atoms with van der Waals surface area (Å²) in [6, 6.07) is 19.7. The summed E-state index contributed by atoms with van der Waals surface area (Å²) in [5.41, 5.74) is 4.85. The molecule has 1 aliphatic heterocycles. The van der Waals surface area contributed by atoms with Gasteiger partial charge >= 0.3 is 6.36 Å². The molecule has 3 aromatic rings. The van der Waals surface area contributed by atoms with Gasteiger partial charge in [0.05, 0.1) is 10.9 Å². The zero-order valence-electron chi connectivity index (χ0n) is 19.7. The van der Waals surface area contributed by atoms with Gasteiger partial charge in [0.25, 0.3) is 0 Å². The Bertz CT molecular complexity index is 1380. The molecular formula is C27H26F3N3O3S. The minimum absolute atomic E-state index is 0.00390. The first-order valence-corrected chi connectivity index (χ1v) is 13.4. The van der Waals surface area contributed by atoms with Crippen molar-refractivity contribution in [3.8, 4) is 5.75 Å². The van der Waals surface area contributed by atoms with Crippen LogP contribution in [0.15, 0.2) is 89.5 Å². The average Bonchev–Trinajstić information content (AvgIpc) is 3.02. The number of anilines is 2. The third-order valence-corrected chi connectivity index (χ3v) is 8.18. The summed E-state index contributed by atoms with van der Waals surface area (Å²) >= 11 is 0. The van der Waals surface area contributed by atoms with E-state index in [1.807, 2.05) is 47.4 Å². The van der Waals surface area contributed by atoms with E-state index in [4.69, 9.17) is 4.78 Å². The van der Waals surface area contributed by atoms with Crippen LogP contribution in [0.3, 0.4) is 0 Å². The second-order valence-corrected chi connectivity index (χ2v) is 10.9. The van der Waals surface area contributed by atoms with Crippen LogP contribution < -0.4 is 14.4 Å². The van der Waals surface area contributed by atoms with E-state index >= 15 is 0 Å². The fraction of sp³-hybridized carbons (Fsp3) is 0.259. The van der Waals surface area contributed by atoms with Crippen molar-refractivity contribution in [2.75, 3.05) is 4.90 Å². The molecule has 0 aromatic heterocycles. The van der Waals surface area contributed by atoms with Crippen molar-refractivity contribution in [2.24, 2.45) is 0 Å².